The molecule has 0 aliphatic heterocycles. The predicted octanol–water partition coefficient (Wildman–Crippen LogP) is 5.08. The summed E-state index contributed by atoms with van der Waals surface area (Å²) >= 11 is 0. The highest BCUT2D eigenvalue weighted by Crippen LogP contribution is 2.26. The quantitative estimate of drug-likeness (QED) is 0.485. The molecule has 2 heterocycles. The van der Waals surface area contributed by atoms with E-state index in [1.807, 2.05) is 18.2 Å². The van der Waals surface area contributed by atoms with Gasteiger partial charge in [0.2, 0.25) is 5.95 Å². The smallest absolute Gasteiger partial charge is 0.225 e. The summed E-state index contributed by atoms with van der Waals surface area (Å²) in [6, 6.07) is 12.4. The molecular weight excluding hydrogens is 372 g/mol. The van der Waals surface area contributed by atoms with Gasteiger partial charge in [-0.05, 0) is 75.3 Å². The summed E-state index contributed by atoms with van der Waals surface area (Å²) in [4.78, 5) is 15.7. The number of benzene rings is 1. The monoisotopic (exact) mass is 404 g/mol. The fraction of sp³-hybridized carbons (Fsp3) is 0.375. The minimum absolute atomic E-state index is 0.509. The molecule has 30 heavy (non-hydrogen) atoms. The Bertz CT molecular complexity index is 953. The molecule has 6 nitrogen and oxygen atoms in total. The summed E-state index contributed by atoms with van der Waals surface area (Å²) in [6.45, 7) is 8.42. The SMILES string of the molecule is Cc1cc(Nc2cc(-c3ccncc3)nc(NCCCN(C)C)n2)ccc1C(C)C. The Labute approximate surface area is 179 Å². The van der Waals surface area contributed by atoms with Gasteiger partial charge in [0.1, 0.15) is 5.82 Å². The maximum absolute atomic E-state index is 4.71. The lowest BCUT2D eigenvalue weighted by atomic mass is 9.98. The van der Waals surface area contributed by atoms with Crippen molar-refractivity contribution >= 4 is 17.5 Å². The molecule has 0 aliphatic rings. The number of aromatic nitrogens is 3. The zero-order valence-electron chi connectivity index (χ0n) is 18.6. The average Bonchev–Trinajstić information content (AvgIpc) is 2.71. The van der Waals surface area contributed by atoms with Gasteiger partial charge in [-0.3, -0.25) is 4.98 Å². The molecule has 0 saturated carbocycles. The first kappa shape index (κ1) is 21.7. The van der Waals surface area contributed by atoms with Crippen LogP contribution in [0.25, 0.3) is 11.3 Å². The van der Waals surface area contributed by atoms with E-state index in [1.54, 1.807) is 12.4 Å². The molecule has 6 heteroatoms. The van der Waals surface area contributed by atoms with Crippen molar-refractivity contribution in [3.05, 3.63) is 59.9 Å². The first-order valence-electron chi connectivity index (χ1n) is 10.5. The number of aryl methyl sites for hydroxylation is 1. The molecule has 2 N–H and O–H groups in total. The number of nitrogens with zero attached hydrogens (tertiary/aromatic N) is 4. The van der Waals surface area contributed by atoms with E-state index in [-0.39, 0.29) is 0 Å². The Balaban J connectivity index is 1.85. The van der Waals surface area contributed by atoms with Crippen LogP contribution in [0, 0.1) is 6.92 Å². The molecule has 3 aromatic rings. The summed E-state index contributed by atoms with van der Waals surface area (Å²) in [5.74, 6) is 1.90. The van der Waals surface area contributed by atoms with E-state index in [0.29, 0.717) is 11.9 Å². The highest BCUT2D eigenvalue weighted by Gasteiger charge is 2.09. The van der Waals surface area contributed by atoms with Crippen LogP contribution < -0.4 is 10.6 Å². The van der Waals surface area contributed by atoms with Gasteiger partial charge in [-0.2, -0.15) is 4.98 Å². The van der Waals surface area contributed by atoms with E-state index in [2.05, 4.69) is 73.6 Å². The number of nitrogens with one attached hydrogen (secondary N) is 2. The third kappa shape index (κ3) is 6.00. The molecule has 3 rings (SSSR count). The van der Waals surface area contributed by atoms with E-state index < -0.39 is 0 Å². The van der Waals surface area contributed by atoms with Crippen LogP contribution in [0.5, 0.6) is 0 Å². The Kier molecular flexibility index (Phi) is 7.36. The fourth-order valence-corrected chi connectivity index (χ4v) is 3.41. The summed E-state index contributed by atoms with van der Waals surface area (Å²) in [7, 11) is 4.16. The second kappa shape index (κ2) is 10.2. The molecule has 0 atom stereocenters. The van der Waals surface area contributed by atoms with E-state index in [9.17, 15) is 0 Å². The molecule has 2 aromatic heterocycles. The van der Waals surface area contributed by atoms with E-state index >= 15 is 0 Å². The first-order valence-corrected chi connectivity index (χ1v) is 10.5. The van der Waals surface area contributed by atoms with Crippen molar-refractivity contribution in [1.29, 1.82) is 0 Å². The molecule has 0 spiro atoms. The van der Waals surface area contributed by atoms with Gasteiger partial charge in [-0.25, -0.2) is 4.98 Å². The van der Waals surface area contributed by atoms with Gasteiger partial charge in [-0.15, -0.1) is 0 Å². The van der Waals surface area contributed by atoms with Crippen molar-refractivity contribution in [2.75, 3.05) is 37.8 Å². The lowest BCUT2D eigenvalue weighted by Gasteiger charge is -2.14. The Hall–Kier alpha value is -2.99. The van der Waals surface area contributed by atoms with E-state index in [1.165, 1.54) is 11.1 Å². The summed E-state index contributed by atoms with van der Waals surface area (Å²) in [5, 5.41) is 6.82. The summed E-state index contributed by atoms with van der Waals surface area (Å²) in [6.07, 6.45) is 4.58. The Morgan fingerprint density at radius 2 is 1.77 bits per heavy atom. The van der Waals surface area contributed by atoms with Gasteiger partial charge in [0, 0.05) is 36.3 Å². The minimum Gasteiger partial charge on any atom is -0.354 e. The minimum atomic E-state index is 0.509. The van der Waals surface area contributed by atoms with E-state index in [4.69, 9.17) is 9.97 Å². The zero-order valence-corrected chi connectivity index (χ0v) is 18.6. The van der Waals surface area contributed by atoms with Gasteiger partial charge < -0.3 is 15.5 Å². The normalized spacial score (nSPS) is 11.2. The molecule has 0 radical (unpaired) electrons. The maximum Gasteiger partial charge on any atom is 0.225 e. The van der Waals surface area contributed by atoms with Crippen LogP contribution in [0.3, 0.4) is 0 Å². The first-order chi connectivity index (χ1) is 14.4. The van der Waals surface area contributed by atoms with Crippen molar-refractivity contribution < 1.29 is 0 Å². The van der Waals surface area contributed by atoms with Crippen molar-refractivity contribution in [3.63, 3.8) is 0 Å². The largest absolute Gasteiger partial charge is 0.354 e. The lowest BCUT2D eigenvalue weighted by molar-refractivity contribution is 0.405. The zero-order chi connectivity index (χ0) is 21.5. The van der Waals surface area contributed by atoms with Crippen LogP contribution in [-0.2, 0) is 0 Å². The molecule has 0 bridgehead atoms. The highest BCUT2D eigenvalue weighted by atomic mass is 15.1. The second-order valence-corrected chi connectivity index (χ2v) is 8.13. The average molecular weight is 405 g/mol. The van der Waals surface area contributed by atoms with Gasteiger partial charge >= 0.3 is 0 Å². The third-order valence-electron chi connectivity index (χ3n) is 4.93. The Morgan fingerprint density at radius 1 is 1.00 bits per heavy atom. The molecule has 0 amide bonds. The number of hydrogen-bond acceptors (Lipinski definition) is 6. The topological polar surface area (TPSA) is 66.0 Å². The maximum atomic E-state index is 4.71. The molecule has 0 saturated heterocycles. The highest BCUT2D eigenvalue weighted by molar-refractivity contribution is 5.67. The molecular formula is C24H32N6. The summed E-state index contributed by atoms with van der Waals surface area (Å²) in [5.41, 5.74) is 5.54. The van der Waals surface area contributed by atoms with E-state index in [0.717, 1.165) is 42.3 Å². The van der Waals surface area contributed by atoms with Gasteiger partial charge in [-0.1, -0.05) is 19.9 Å². The van der Waals surface area contributed by atoms with Crippen molar-refractivity contribution in [2.45, 2.75) is 33.1 Å². The van der Waals surface area contributed by atoms with Gasteiger partial charge in [0.25, 0.3) is 0 Å². The third-order valence-corrected chi connectivity index (χ3v) is 4.93. The number of hydrogen-bond donors (Lipinski definition) is 2. The molecule has 0 fully saturated rings. The number of pyridine rings is 1. The van der Waals surface area contributed by atoms with Crippen LogP contribution in [-0.4, -0.2) is 47.0 Å². The van der Waals surface area contributed by atoms with Crippen molar-refractivity contribution in [2.24, 2.45) is 0 Å². The summed E-state index contributed by atoms with van der Waals surface area (Å²) < 4.78 is 0. The standard InChI is InChI=1S/C24H32N6/c1-17(2)21-8-7-20(15-18(21)3)27-23-16-22(19-9-12-25-13-10-19)28-24(29-23)26-11-6-14-30(4)5/h7-10,12-13,15-17H,6,11,14H2,1-5H3,(H2,26,27,28,29). The lowest BCUT2D eigenvalue weighted by Crippen LogP contribution is -2.17. The van der Waals surface area contributed by atoms with Crippen LogP contribution in [0.1, 0.15) is 37.3 Å². The number of anilines is 3. The van der Waals surface area contributed by atoms with Gasteiger partial charge in [0.05, 0.1) is 5.69 Å². The number of rotatable bonds is 9. The second-order valence-electron chi connectivity index (χ2n) is 8.13. The molecule has 1 aromatic carbocycles. The van der Waals surface area contributed by atoms with Crippen LogP contribution in [0.15, 0.2) is 48.8 Å². The molecule has 0 aliphatic carbocycles. The van der Waals surface area contributed by atoms with Crippen LogP contribution >= 0.6 is 0 Å². The van der Waals surface area contributed by atoms with Crippen LogP contribution in [0.2, 0.25) is 0 Å². The predicted molar refractivity (Wildman–Crippen MR) is 125 cm³/mol. The van der Waals surface area contributed by atoms with Crippen LogP contribution in [0.4, 0.5) is 17.5 Å². The molecule has 0 unspecified atom stereocenters. The van der Waals surface area contributed by atoms with Crippen molar-refractivity contribution in [3.8, 4) is 11.3 Å². The fourth-order valence-electron chi connectivity index (χ4n) is 3.41. The van der Waals surface area contributed by atoms with Gasteiger partial charge in [0.15, 0.2) is 0 Å². The Morgan fingerprint density at radius 3 is 2.43 bits per heavy atom. The van der Waals surface area contributed by atoms with Crippen molar-refractivity contribution in [1.82, 2.24) is 19.9 Å². The molecule has 158 valence electrons.